The first-order chi connectivity index (χ1) is 1.41. The molecule has 3 N–H and O–H groups in total. The zero-order valence-corrected chi connectivity index (χ0v) is 7.85. The third-order valence-corrected chi connectivity index (χ3v) is 0. The van der Waals surface area contributed by atoms with E-state index in [0.29, 0.717) is 0 Å². The van der Waals surface area contributed by atoms with E-state index in [1.165, 1.54) is 0 Å². The summed E-state index contributed by atoms with van der Waals surface area (Å²) in [7, 11) is 0. The molecule has 0 aliphatic carbocycles. The Hall–Kier alpha value is 0.750. The van der Waals surface area contributed by atoms with Gasteiger partial charge in [-0.25, -0.2) is 0 Å². The molecule has 4 heteroatoms. The van der Waals surface area contributed by atoms with Crippen LogP contribution in [0.3, 0.4) is 0 Å². The summed E-state index contributed by atoms with van der Waals surface area (Å²) in [4.78, 5) is 0. The van der Waals surface area contributed by atoms with Crippen molar-refractivity contribution in [3.63, 3.8) is 0 Å². The molecule has 0 aromatic carbocycles. The monoisotopic (exact) mass is 274 g/mol. The molecule has 0 aliphatic heterocycles. The van der Waals surface area contributed by atoms with Crippen LogP contribution < -0.4 is 0 Å². The SMILES string of the molecule is [CH2-]CC.[Hf+4].[OH-].[OH-].[OH-]. The molecule has 0 saturated heterocycles. The van der Waals surface area contributed by atoms with Gasteiger partial charge < -0.3 is 23.4 Å². The molecule has 0 saturated carbocycles. The first-order valence-corrected chi connectivity index (χ1v) is 1.21. The zero-order valence-electron chi connectivity index (χ0n) is 4.26. The Morgan fingerprint density at radius 2 is 1.14 bits per heavy atom. The number of rotatable bonds is 0. The summed E-state index contributed by atoms with van der Waals surface area (Å²) in [5.74, 6) is 0. The van der Waals surface area contributed by atoms with Gasteiger partial charge in [-0.2, -0.15) is 6.42 Å². The minimum Gasteiger partial charge on any atom is -0.870 e. The van der Waals surface area contributed by atoms with Gasteiger partial charge in [0.2, 0.25) is 0 Å². The molecule has 3 nitrogen and oxygen atoms in total. The van der Waals surface area contributed by atoms with Gasteiger partial charge >= 0.3 is 25.8 Å². The van der Waals surface area contributed by atoms with Gasteiger partial charge in [-0.05, 0) is 0 Å². The van der Waals surface area contributed by atoms with Crippen LogP contribution >= 0.6 is 0 Å². The van der Waals surface area contributed by atoms with E-state index in [1.807, 2.05) is 6.92 Å². The Morgan fingerprint density at radius 1 is 1.14 bits per heavy atom. The van der Waals surface area contributed by atoms with Crippen LogP contribution in [0.1, 0.15) is 13.3 Å². The second-order valence-electron chi connectivity index (χ2n) is 0.500. The van der Waals surface area contributed by atoms with Gasteiger partial charge in [0.25, 0.3) is 0 Å². The summed E-state index contributed by atoms with van der Waals surface area (Å²) < 4.78 is 0. The van der Waals surface area contributed by atoms with Gasteiger partial charge in [0.15, 0.2) is 0 Å². The largest absolute Gasteiger partial charge is 4.00 e. The van der Waals surface area contributed by atoms with Crippen molar-refractivity contribution in [1.82, 2.24) is 0 Å². The van der Waals surface area contributed by atoms with E-state index < -0.39 is 0 Å². The van der Waals surface area contributed by atoms with Crippen LogP contribution in [0.2, 0.25) is 0 Å². The topological polar surface area (TPSA) is 90.0 Å². The van der Waals surface area contributed by atoms with Gasteiger partial charge in [0.1, 0.15) is 0 Å². The second kappa shape index (κ2) is 72.9. The Bertz CT molecular complexity index is 10.1. The van der Waals surface area contributed by atoms with Gasteiger partial charge in [0.05, 0.1) is 0 Å². The standard InChI is InChI=1S/C3H7.Hf.3H2O/c1-3-2;;;;/h1,3H2,2H3;;3*1H2/q-1;+4;;;/p-3. The maximum atomic E-state index is 3.49. The maximum Gasteiger partial charge on any atom is 4.00 e. The molecular weight excluding hydrogens is 263 g/mol. The van der Waals surface area contributed by atoms with Gasteiger partial charge in [-0.1, -0.05) is 6.92 Å². The molecule has 0 atom stereocenters. The van der Waals surface area contributed by atoms with Crippen molar-refractivity contribution in [2.45, 2.75) is 13.3 Å². The zero-order chi connectivity index (χ0) is 2.71. The van der Waals surface area contributed by atoms with Crippen molar-refractivity contribution in [2.24, 2.45) is 0 Å². The van der Waals surface area contributed by atoms with E-state index in [4.69, 9.17) is 0 Å². The summed E-state index contributed by atoms with van der Waals surface area (Å²) >= 11 is 0. The van der Waals surface area contributed by atoms with E-state index >= 15 is 0 Å². The first kappa shape index (κ1) is 46.7. The average Bonchev–Trinajstić information content (AvgIpc) is 0.918. The molecule has 0 fully saturated rings. The molecule has 0 bridgehead atoms. The van der Waals surface area contributed by atoms with Crippen LogP contribution in [0.5, 0.6) is 0 Å². The quantitative estimate of drug-likeness (QED) is 0.480. The molecule has 44 valence electrons. The predicted octanol–water partition coefficient (Wildman–Crippen LogP) is 0.698. The second-order valence-corrected chi connectivity index (χ2v) is 0.500. The Labute approximate surface area is 62.8 Å². The predicted molar refractivity (Wildman–Crippen MR) is 21.5 cm³/mol. The molecule has 7 heavy (non-hydrogen) atoms. The summed E-state index contributed by atoms with van der Waals surface area (Å²) in [6.45, 7) is 5.50. The fraction of sp³-hybridized carbons (Fsp3) is 0.667. The smallest absolute Gasteiger partial charge is 0.870 e. The van der Waals surface area contributed by atoms with Gasteiger partial charge in [-0.15, -0.1) is 0 Å². The van der Waals surface area contributed by atoms with E-state index in [9.17, 15) is 0 Å². The van der Waals surface area contributed by atoms with Gasteiger partial charge in [0, 0.05) is 0 Å². The molecule has 0 unspecified atom stereocenters. The van der Waals surface area contributed by atoms with Crippen LogP contribution in [-0.4, -0.2) is 16.4 Å². The van der Waals surface area contributed by atoms with Crippen molar-refractivity contribution in [2.75, 3.05) is 0 Å². The van der Waals surface area contributed by atoms with Crippen molar-refractivity contribution in [3.8, 4) is 0 Å². The molecule has 0 spiro atoms. The molecule has 0 amide bonds. The minimum absolute atomic E-state index is 0. The summed E-state index contributed by atoms with van der Waals surface area (Å²) in [6.07, 6.45) is 1.00. The molecule has 0 aromatic rings. The number of hydrogen-bond donors (Lipinski definition) is 0. The van der Waals surface area contributed by atoms with Crippen LogP contribution in [0.15, 0.2) is 0 Å². The average molecular weight is 273 g/mol. The third-order valence-electron chi connectivity index (χ3n) is 0. The molecule has 0 aliphatic rings. The van der Waals surface area contributed by atoms with E-state index in [0.717, 1.165) is 6.42 Å². The van der Waals surface area contributed by atoms with Crippen LogP contribution in [0.25, 0.3) is 0 Å². The van der Waals surface area contributed by atoms with Crippen LogP contribution in [-0.2, 0) is 25.8 Å². The number of hydrogen-bond acceptors (Lipinski definition) is 3. The molecule has 0 heterocycles. The van der Waals surface area contributed by atoms with Crippen molar-refractivity contribution < 1.29 is 42.3 Å². The Morgan fingerprint density at radius 3 is 1.14 bits per heavy atom. The van der Waals surface area contributed by atoms with E-state index in [-0.39, 0.29) is 42.3 Å². The van der Waals surface area contributed by atoms with Crippen molar-refractivity contribution >= 4 is 0 Å². The van der Waals surface area contributed by atoms with E-state index in [1.54, 1.807) is 0 Å². The summed E-state index contributed by atoms with van der Waals surface area (Å²) in [5.41, 5.74) is 0. The normalized spacial score (nSPS) is 2.57. The third kappa shape index (κ3) is 271. The summed E-state index contributed by atoms with van der Waals surface area (Å²) in [5, 5.41) is 0. The molecular formula is C3H10HfO3. The summed E-state index contributed by atoms with van der Waals surface area (Å²) in [6, 6.07) is 0. The first-order valence-electron chi connectivity index (χ1n) is 1.21. The Kier molecular flexibility index (Phi) is 486. The fourth-order valence-electron chi connectivity index (χ4n) is 0. The van der Waals surface area contributed by atoms with Crippen LogP contribution in [0, 0.1) is 6.92 Å². The Balaban J connectivity index is -0.00000000333. The van der Waals surface area contributed by atoms with Gasteiger partial charge in [-0.3, -0.25) is 0 Å². The van der Waals surface area contributed by atoms with Crippen molar-refractivity contribution in [1.29, 1.82) is 0 Å². The van der Waals surface area contributed by atoms with E-state index in [2.05, 4.69) is 6.92 Å². The fourth-order valence-corrected chi connectivity index (χ4v) is 0. The molecule has 0 rings (SSSR count). The minimum atomic E-state index is 0. The molecule has 0 radical (unpaired) electrons. The maximum absolute atomic E-state index is 3.49. The van der Waals surface area contributed by atoms with Crippen LogP contribution in [0.4, 0.5) is 0 Å². The molecule has 0 aromatic heterocycles. The van der Waals surface area contributed by atoms with Crippen molar-refractivity contribution in [3.05, 3.63) is 6.92 Å².